The van der Waals surface area contributed by atoms with Crippen LogP contribution in [0.5, 0.6) is 0 Å². The predicted octanol–water partition coefficient (Wildman–Crippen LogP) is 1.24. The Bertz CT molecular complexity index is 420. The molecule has 124 valence electrons. The second-order valence-electron chi connectivity index (χ2n) is 6.10. The summed E-state index contributed by atoms with van der Waals surface area (Å²) in [4.78, 5) is 37.9. The molecule has 2 fully saturated rings. The van der Waals surface area contributed by atoms with Crippen LogP contribution < -0.4 is 5.32 Å². The highest BCUT2D eigenvalue weighted by molar-refractivity contribution is 5.92. The van der Waals surface area contributed by atoms with E-state index < -0.39 is 12.0 Å². The predicted molar refractivity (Wildman–Crippen MR) is 81.0 cm³/mol. The molecular formula is C16H26N2O4. The van der Waals surface area contributed by atoms with Gasteiger partial charge in [0.1, 0.15) is 6.04 Å². The Hall–Kier alpha value is -1.59. The number of hydrogen-bond donors (Lipinski definition) is 1. The first-order valence-electron chi connectivity index (χ1n) is 8.37. The lowest BCUT2D eigenvalue weighted by molar-refractivity contribution is -0.154. The third-order valence-corrected chi connectivity index (χ3v) is 4.44. The van der Waals surface area contributed by atoms with Gasteiger partial charge in [-0.15, -0.1) is 0 Å². The monoisotopic (exact) mass is 310 g/mol. The average molecular weight is 310 g/mol. The number of carbonyl (C=O) groups excluding carboxylic acids is 3. The van der Waals surface area contributed by atoms with E-state index in [0.717, 1.165) is 38.5 Å². The van der Waals surface area contributed by atoms with Gasteiger partial charge >= 0.3 is 5.97 Å². The van der Waals surface area contributed by atoms with Crippen molar-refractivity contribution < 1.29 is 19.1 Å². The van der Waals surface area contributed by atoms with Crippen LogP contribution in [0.4, 0.5) is 0 Å². The number of ether oxygens (including phenoxy) is 1. The second kappa shape index (κ2) is 8.15. The van der Waals surface area contributed by atoms with E-state index in [9.17, 15) is 14.4 Å². The van der Waals surface area contributed by atoms with Crippen LogP contribution in [-0.4, -0.2) is 48.4 Å². The molecule has 1 aliphatic heterocycles. The Kier molecular flexibility index (Phi) is 6.21. The lowest BCUT2D eigenvalue weighted by Crippen LogP contribution is -2.59. The Balaban J connectivity index is 1.87. The Morgan fingerprint density at radius 2 is 2.09 bits per heavy atom. The summed E-state index contributed by atoms with van der Waals surface area (Å²) in [5, 5.41) is 2.73. The number of nitrogens with one attached hydrogen (secondary N) is 1. The van der Waals surface area contributed by atoms with Gasteiger partial charge in [-0.25, -0.2) is 0 Å². The zero-order valence-electron chi connectivity index (χ0n) is 13.3. The average Bonchev–Trinajstić information content (AvgIpc) is 2.44. The molecule has 0 aromatic carbocycles. The van der Waals surface area contributed by atoms with Crippen molar-refractivity contribution in [3.63, 3.8) is 0 Å². The number of piperazine rings is 1. The normalized spacial score (nSPS) is 22.0. The summed E-state index contributed by atoms with van der Waals surface area (Å²) in [6, 6.07) is -0.708. The Morgan fingerprint density at radius 3 is 2.73 bits per heavy atom. The molecule has 1 aliphatic carbocycles. The highest BCUT2D eigenvalue weighted by Gasteiger charge is 2.39. The lowest BCUT2D eigenvalue weighted by atomic mass is 9.83. The van der Waals surface area contributed by atoms with E-state index in [1.54, 1.807) is 4.90 Å². The first kappa shape index (κ1) is 16.8. The minimum Gasteiger partial charge on any atom is -0.466 e. The number of unbranched alkanes of at least 4 members (excludes halogenated alkanes) is 2. The van der Waals surface area contributed by atoms with E-state index in [0.29, 0.717) is 19.7 Å². The van der Waals surface area contributed by atoms with Gasteiger partial charge in [-0.3, -0.25) is 14.4 Å². The number of nitrogens with zero attached hydrogens (tertiary/aromatic N) is 1. The molecule has 0 radical (unpaired) electrons. The molecule has 1 unspecified atom stereocenters. The second-order valence-corrected chi connectivity index (χ2v) is 6.10. The summed E-state index contributed by atoms with van der Waals surface area (Å²) >= 11 is 0. The molecule has 1 saturated heterocycles. The zero-order chi connectivity index (χ0) is 15.9. The molecule has 1 saturated carbocycles. The first-order valence-corrected chi connectivity index (χ1v) is 8.37. The zero-order valence-corrected chi connectivity index (χ0v) is 13.3. The van der Waals surface area contributed by atoms with Crippen molar-refractivity contribution in [3.8, 4) is 0 Å². The van der Waals surface area contributed by atoms with Crippen LogP contribution in [0.3, 0.4) is 0 Å². The van der Waals surface area contributed by atoms with E-state index in [1.165, 1.54) is 0 Å². The molecular weight excluding hydrogens is 284 g/mol. The fourth-order valence-electron chi connectivity index (χ4n) is 2.83. The minimum absolute atomic E-state index is 0.0184. The third kappa shape index (κ3) is 4.21. The highest BCUT2D eigenvalue weighted by atomic mass is 16.5. The quantitative estimate of drug-likeness (QED) is 0.567. The summed E-state index contributed by atoms with van der Waals surface area (Å²) in [7, 11) is 0. The molecule has 6 nitrogen and oxygen atoms in total. The molecule has 22 heavy (non-hydrogen) atoms. The van der Waals surface area contributed by atoms with Gasteiger partial charge in [-0.05, 0) is 19.3 Å². The molecule has 6 heteroatoms. The first-order chi connectivity index (χ1) is 10.6. The maximum absolute atomic E-state index is 12.4. The van der Waals surface area contributed by atoms with Crippen LogP contribution >= 0.6 is 0 Å². The third-order valence-electron chi connectivity index (χ3n) is 4.44. The van der Waals surface area contributed by atoms with Gasteiger partial charge in [0.15, 0.2) is 0 Å². The van der Waals surface area contributed by atoms with Crippen molar-refractivity contribution in [2.45, 2.75) is 57.9 Å². The number of esters is 1. The number of carbonyl (C=O) groups is 3. The smallest absolute Gasteiger partial charge is 0.308 e. The molecule has 1 atom stereocenters. The van der Waals surface area contributed by atoms with Crippen molar-refractivity contribution in [2.24, 2.45) is 5.92 Å². The van der Waals surface area contributed by atoms with Crippen LogP contribution in [0, 0.1) is 5.92 Å². The van der Waals surface area contributed by atoms with Gasteiger partial charge in [0.25, 0.3) is 0 Å². The van der Waals surface area contributed by atoms with Crippen molar-refractivity contribution in [2.75, 3.05) is 19.7 Å². The van der Waals surface area contributed by atoms with Crippen molar-refractivity contribution >= 4 is 17.8 Å². The Labute approximate surface area is 131 Å². The number of amides is 2. The van der Waals surface area contributed by atoms with E-state index in [4.69, 9.17) is 4.74 Å². The van der Waals surface area contributed by atoms with Crippen molar-refractivity contribution in [1.82, 2.24) is 10.2 Å². The summed E-state index contributed by atoms with van der Waals surface area (Å²) in [6.07, 6.45) is 5.73. The van der Waals surface area contributed by atoms with E-state index in [1.807, 2.05) is 0 Å². The number of hydrogen-bond acceptors (Lipinski definition) is 4. The summed E-state index contributed by atoms with van der Waals surface area (Å²) < 4.78 is 5.17. The molecule has 0 spiro atoms. The molecule has 0 bridgehead atoms. The molecule has 0 aromatic rings. The maximum atomic E-state index is 12.4. The van der Waals surface area contributed by atoms with Gasteiger partial charge in [0, 0.05) is 19.0 Å². The molecule has 2 rings (SSSR count). The van der Waals surface area contributed by atoms with E-state index >= 15 is 0 Å². The highest BCUT2D eigenvalue weighted by Crippen LogP contribution is 2.29. The van der Waals surface area contributed by atoms with Gasteiger partial charge < -0.3 is 15.0 Å². The molecule has 1 heterocycles. The van der Waals surface area contributed by atoms with Gasteiger partial charge in [-0.1, -0.05) is 26.2 Å². The van der Waals surface area contributed by atoms with Crippen LogP contribution in [0.15, 0.2) is 0 Å². The van der Waals surface area contributed by atoms with Gasteiger partial charge in [-0.2, -0.15) is 0 Å². The van der Waals surface area contributed by atoms with Gasteiger partial charge in [0.05, 0.1) is 13.0 Å². The molecule has 0 aromatic heterocycles. The van der Waals surface area contributed by atoms with Crippen LogP contribution in [0.2, 0.25) is 0 Å². The van der Waals surface area contributed by atoms with Crippen molar-refractivity contribution in [1.29, 1.82) is 0 Å². The summed E-state index contributed by atoms with van der Waals surface area (Å²) in [6.45, 7) is 3.41. The van der Waals surface area contributed by atoms with E-state index in [2.05, 4.69) is 12.2 Å². The molecule has 1 N–H and O–H groups in total. The lowest BCUT2D eigenvalue weighted by Gasteiger charge is -2.38. The fraction of sp³-hybridized carbons (Fsp3) is 0.812. The largest absolute Gasteiger partial charge is 0.466 e. The van der Waals surface area contributed by atoms with Gasteiger partial charge in [0.2, 0.25) is 11.8 Å². The molecule has 2 aliphatic rings. The topological polar surface area (TPSA) is 75.7 Å². The SMILES string of the molecule is CCCCCOC(=O)CC1C(=O)NCCN1C(=O)C1CCC1. The number of rotatable bonds is 7. The fourth-order valence-corrected chi connectivity index (χ4v) is 2.83. The van der Waals surface area contributed by atoms with E-state index in [-0.39, 0.29) is 24.2 Å². The van der Waals surface area contributed by atoms with Crippen LogP contribution in [0.1, 0.15) is 51.9 Å². The molecule has 2 amide bonds. The summed E-state index contributed by atoms with van der Waals surface area (Å²) in [5.74, 6) is -0.590. The maximum Gasteiger partial charge on any atom is 0.308 e. The minimum atomic E-state index is -0.708. The summed E-state index contributed by atoms with van der Waals surface area (Å²) in [5.41, 5.74) is 0. The van der Waals surface area contributed by atoms with Crippen molar-refractivity contribution in [3.05, 3.63) is 0 Å². The Morgan fingerprint density at radius 1 is 1.32 bits per heavy atom. The van der Waals surface area contributed by atoms with Crippen LogP contribution in [-0.2, 0) is 19.1 Å². The standard InChI is InChI=1S/C16H26N2O4/c1-2-3-4-10-22-14(19)11-13-15(20)17-8-9-18(13)16(21)12-6-5-7-12/h12-13H,2-11H2,1H3,(H,17,20). The van der Waals surface area contributed by atoms with Crippen LogP contribution in [0.25, 0.3) is 0 Å².